The zero-order valence-corrected chi connectivity index (χ0v) is 10.7. The minimum atomic E-state index is 0.573. The van der Waals surface area contributed by atoms with E-state index in [-0.39, 0.29) is 0 Å². The van der Waals surface area contributed by atoms with Gasteiger partial charge in [0.15, 0.2) is 0 Å². The van der Waals surface area contributed by atoms with Crippen LogP contribution in [-0.2, 0) is 0 Å². The van der Waals surface area contributed by atoms with Gasteiger partial charge in [0.25, 0.3) is 0 Å². The van der Waals surface area contributed by atoms with Crippen LogP contribution < -0.4 is 0 Å². The maximum absolute atomic E-state index is 4.71. The lowest BCUT2D eigenvalue weighted by molar-refractivity contribution is 0.647. The first-order valence-corrected chi connectivity index (χ1v) is 6.37. The van der Waals surface area contributed by atoms with Crippen molar-refractivity contribution in [1.29, 1.82) is 0 Å². The second-order valence-electron chi connectivity index (χ2n) is 5.07. The van der Waals surface area contributed by atoms with Crippen LogP contribution in [0.25, 0.3) is 0 Å². The normalized spacial score (nSPS) is 18.2. The van der Waals surface area contributed by atoms with Crippen LogP contribution in [-0.4, -0.2) is 0 Å². The fraction of sp³-hybridized carbons (Fsp3) is 0.571. The van der Waals surface area contributed by atoms with Gasteiger partial charge in [-0.15, -0.1) is 12.6 Å². The number of benzene rings is 1. The molecule has 0 nitrogen and oxygen atoms in total. The SMILES string of the molecule is CC(C)c1cccc(C(C)C2CC2)c1S. The molecule has 0 spiro atoms. The van der Waals surface area contributed by atoms with E-state index in [1.165, 1.54) is 28.9 Å². The lowest BCUT2D eigenvalue weighted by Crippen LogP contribution is -2.00. The lowest BCUT2D eigenvalue weighted by atomic mass is 9.92. The van der Waals surface area contributed by atoms with Crippen molar-refractivity contribution in [2.75, 3.05) is 0 Å². The highest BCUT2D eigenvalue weighted by Gasteiger charge is 2.30. The van der Waals surface area contributed by atoms with Crippen molar-refractivity contribution in [3.05, 3.63) is 29.3 Å². The van der Waals surface area contributed by atoms with Gasteiger partial charge >= 0.3 is 0 Å². The Kier molecular flexibility index (Phi) is 3.11. The van der Waals surface area contributed by atoms with Gasteiger partial charge in [-0.3, -0.25) is 0 Å². The number of thiol groups is 1. The van der Waals surface area contributed by atoms with Crippen LogP contribution in [0.4, 0.5) is 0 Å². The van der Waals surface area contributed by atoms with Gasteiger partial charge < -0.3 is 0 Å². The molecule has 1 aliphatic rings. The zero-order chi connectivity index (χ0) is 11.0. The Bertz CT molecular complexity index is 350. The van der Waals surface area contributed by atoms with Gasteiger partial charge in [-0.05, 0) is 41.7 Å². The summed E-state index contributed by atoms with van der Waals surface area (Å²) >= 11 is 4.71. The van der Waals surface area contributed by atoms with Gasteiger partial charge in [0, 0.05) is 4.90 Å². The molecule has 0 aliphatic heterocycles. The molecule has 1 aromatic rings. The molecule has 1 atom stereocenters. The first-order chi connectivity index (χ1) is 7.11. The summed E-state index contributed by atoms with van der Waals surface area (Å²) < 4.78 is 0. The molecule has 0 bridgehead atoms. The first-order valence-electron chi connectivity index (χ1n) is 5.93. The summed E-state index contributed by atoms with van der Waals surface area (Å²) in [6.45, 7) is 6.82. The molecular weight excluding hydrogens is 200 g/mol. The number of hydrogen-bond donors (Lipinski definition) is 1. The van der Waals surface area contributed by atoms with E-state index < -0.39 is 0 Å². The van der Waals surface area contributed by atoms with Gasteiger partial charge in [-0.2, -0.15) is 0 Å². The molecule has 0 N–H and O–H groups in total. The summed E-state index contributed by atoms with van der Waals surface area (Å²) in [5.41, 5.74) is 2.84. The molecule has 0 aromatic heterocycles. The van der Waals surface area contributed by atoms with Gasteiger partial charge in [-0.25, -0.2) is 0 Å². The third kappa shape index (κ3) is 2.23. The molecule has 1 saturated carbocycles. The summed E-state index contributed by atoms with van der Waals surface area (Å²) in [4.78, 5) is 1.23. The van der Waals surface area contributed by atoms with Crippen LogP contribution in [0.3, 0.4) is 0 Å². The summed E-state index contributed by atoms with van der Waals surface area (Å²) in [5, 5.41) is 0. The molecule has 2 rings (SSSR count). The quantitative estimate of drug-likeness (QED) is 0.706. The van der Waals surface area contributed by atoms with E-state index in [9.17, 15) is 0 Å². The molecule has 0 radical (unpaired) electrons. The molecule has 0 heterocycles. The monoisotopic (exact) mass is 220 g/mol. The van der Waals surface area contributed by atoms with E-state index in [0.29, 0.717) is 11.8 Å². The average molecular weight is 220 g/mol. The highest BCUT2D eigenvalue weighted by atomic mass is 32.1. The molecular formula is C14H20S. The highest BCUT2D eigenvalue weighted by Crippen LogP contribution is 2.44. The Morgan fingerprint density at radius 2 is 1.73 bits per heavy atom. The topological polar surface area (TPSA) is 0 Å². The standard InChI is InChI=1S/C14H20S/c1-9(2)12-5-4-6-13(14(12)15)10(3)11-7-8-11/h4-6,9-11,15H,7-8H2,1-3H3. The van der Waals surface area contributed by atoms with E-state index >= 15 is 0 Å². The van der Waals surface area contributed by atoms with Crippen molar-refractivity contribution < 1.29 is 0 Å². The molecule has 0 saturated heterocycles. The fourth-order valence-corrected chi connectivity index (χ4v) is 2.87. The van der Waals surface area contributed by atoms with Crippen LogP contribution in [0.5, 0.6) is 0 Å². The summed E-state index contributed by atoms with van der Waals surface area (Å²) in [6.07, 6.45) is 2.81. The molecule has 82 valence electrons. The zero-order valence-electron chi connectivity index (χ0n) is 9.83. The van der Waals surface area contributed by atoms with Gasteiger partial charge in [0.1, 0.15) is 0 Å². The largest absolute Gasteiger partial charge is 0.143 e. The average Bonchev–Trinajstić information content (AvgIpc) is 3.00. The number of rotatable bonds is 3. The van der Waals surface area contributed by atoms with Crippen LogP contribution in [0, 0.1) is 5.92 Å². The van der Waals surface area contributed by atoms with Gasteiger partial charge in [0.2, 0.25) is 0 Å². The Morgan fingerprint density at radius 1 is 1.13 bits per heavy atom. The van der Waals surface area contributed by atoms with Crippen molar-refractivity contribution in [2.24, 2.45) is 5.92 Å². The third-order valence-corrected chi connectivity index (χ3v) is 4.06. The second-order valence-corrected chi connectivity index (χ2v) is 5.51. The predicted octanol–water partition coefficient (Wildman–Crippen LogP) is 4.61. The first kappa shape index (κ1) is 11.1. The van der Waals surface area contributed by atoms with Gasteiger partial charge in [0.05, 0.1) is 0 Å². The van der Waals surface area contributed by atoms with Crippen LogP contribution >= 0.6 is 12.6 Å². The molecule has 1 aliphatic carbocycles. The molecule has 15 heavy (non-hydrogen) atoms. The van der Waals surface area contributed by atoms with Crippen LogP contribution in [0.2, 0.25) is 0 Å². The Balaban J connectivity index is 2.34. The van der Waals surface area contributed by atoms with Crippen molar-refractivity contribution in [3.8, 4) is 0 Å². The minimum absolute atomic E-state index is 0.573. The molecule has 1 fully saturated rings. The van der Waals surface area contributed by atoms with E-state index in [1.807, 2.05) is 0 Å². The third-order valence-electron chi connectivity index (χ3n) is 3.54. The molecule has 1 unspecified atom stereocenters. The van der Waals surface area contributed by atoms with Crippen molar-refractivity contribution in [2.45, 2.75) is 50.3 Å². The maximum Gasteiger partial charge on any atom is 0.0110 e. The van der Waals surface area contributed by atoms with Crippen LogP contribution in [0.15, 0.2) is 23.1 Å². The van der Waals surface area contributed by atoms with E-state index in [1.54, 1.807) is 0 Å². The van der Waals surface area contributed by atoms with Crippen molar-refractivity contribution in [3.63, 3.8) is 0 Å². The number of hydrogen-bond acceptors (Lipinski definition) is 1. The highest BCUT2D eigenvalue weighted by molar-refractivity contribution is 7.80. The second kappa shape index (κ2) is 4.21. The Hall–Kier alpha value is -0.430. The lowest BCUT2D eigenvalue weighted by Gasteiger charge is -2.17. The predicted molar refractivity (Wildman–Crippen MR) is 68.9 cm³/mol. The summed E-state index contributed by atoms with van der Waals surface area (Å²) in [6, 6.07) is 6.64. The van der Waals surface area contributed by atoms with Crippen molar-refractivity contribution >= 4 is 12.6 Å². The van der Waals surface area contributed by atoms with E-state index in [0.717, 1.165) is 5.92 Å². The van der Waals surface area contributed by atoms with E-state index in [2.05, 4.69) is 39.0 Å². The smallest absolute Gasteiger partial charge is 0.0110 e. The molecule has 0 amide bonds. The van der Waals surface area contributed by atoms with Crippen molar-refractivity contribution in [1.82, 2.24) is 0 Å². The fourth-order valence-electron chi connectivity index (χ4n) is 2.26. The van der Waals surface area contributed by atoms with Crippen LogP contribution in [0.1, 0.15) is 56.6 Å². The Morgan fingerprint density at radius 3 is 2.27 bits per heavy atom. The maximum atomic E-state index is 4.71. The molecule has 1 heteroatoms. The minimum Gasteiger partial charge on any atom is -0.143 e. The van der Waals surface area contributed by atoms with E-state index in [4.69, 9.17) is 12.6 Å². The van der Waals surface area contributed by atoms with Gasteiger partial charge in [-0.1, -0.05) is 39.0 Å². The Labute approximate surface area is 98.5 Å². The summed E-state index contributed by atoms with van der Waals surface area (Å²) in [5.74, 6) is 2.18. The summed E-state index contributed by atoms with van der Waals surface area (Å²) in [7, 11) is 0. The molecule has 1 aromatic carbocycles.